The highest BCUT2D eigenvalue weighted by atomic mass is 16.2. The second-order valence-corrected chi connectivity index (χ2v) is 4.24. The lowest BCUT2D eigenvalue weighted by atomic mass is 10.1. The van der Waals surface area contributed by atoms with Crippen LogP contribution in [0.25, 0.3) is 0 Å². The molecule has 0 aliphatic carbocycles. The van der Waals surface area contributed by atoms with Crippen molar-refractivity contribution in [3.05, 3.63) is 35.4 Å². The van der Waals surface area contributed by atoms with Crippen molar-refractivity contribution in [1.29, 1.82) is 5.26 Å². The van der Waals surface area contributed by atoms with Gasteiger partial charge in [-0.3, -0.25) is 4.79 Å². The van der Waals surface area contributed by atoms with Crippen LogP contribution >= 0.6 is 0 Å². The maximum atomic E-state index is 12.3. The lowest BCUT2D eigenvalue weighted by molar-refractivity contribution is 0.0655. The van der Waals surface area contributed by atoms with Gasteiger partial charge in [0.2, 0.25) is 0 Å². The Morgan fingerprint density at radius 1 is 1.59 bits per heavy atom. The van der Waals surface area contributed by atoms with Gasteiger partial charge in [-0.15, -0.1) is 0 Å². The Kier molecular flexibility index (Phi) is 3.40. The first-order valence-corrected chi connectivity index (χ1v) is 5.74. The summed E-state index contributed by atoms with van der Waals surface area (Å²) in [6.45, 7) is 4.40. The molecule has 1 aliphatic rings. The molecule has 0 unspecified atom stereocenters. The summed E-state index contributed by atoms with van der Waals surface area (Å²) in [5.74, 6) is 0.0103. The topological polar surface area (TPSA) is 56.1 Å². The fraction of sp³-hybridized carbons (Fsp3) is 0.385. The van der Waals surface area contributed by atoms with E-state index in [0.29, 0.717) is 11.1 Å². The monoisotopic (exact) mass is 229 g/mol. The van der Waals surface area contributed by atoms with Crippen molar-refractivity contribution < 1.29 is 4.79 Å². The molecular formula is C13H15N3O. The highest BCUT2D eigenvalue weighted by Crippen LogP contribution is 2.11. The van der Waals surface area contributed by atoms with Gasteiger partial charge in [-0.1, -0.05) is 6.07 Å². The zero-order valence-electron chi connectivity index (χ0n) is 9.81. The first-order valence-electron chi connectivity index (χ1n) is 5.74. The van der Waals surface area contributed by atoms with E-state index in [-0.39, 0.29) is 11.9 Å². The van der Waals surface area contributed by atoms with Gasteiger partial charge in [0.05, 0.1) is 11.6 Å². The number of carbonyl (C=O) groups excluding carboxylic acids is 1. The average molecular weight is 229 g/mol. The zero-order valence-corrected chi connectivity index (χ0v) is 9.81. The summed E-state index contributed by atoms with van der Waals surface area (Å²) >= 11 is 0. The third-order valence-corrected chi connectivity index (χ3v) is 3.00. The number of rotatable bonds is 1. The minimum Gasteiger partial charge on any atom is -0.333 e. The molecule has 0 bridgehead atoms. The standard InChI is InChI=1S/C13H15N3O/c1-10-9-15-5-6-16(10)13(17)12-4-2-3-11(7-12)8-14/h2-4,7,10,15H,5-6,9H2,1H3/t10-/m1/s1. The van der Waals surface area contributed by atoms with E-state index in [1.807, 2.05) is 11.8 Å². The van der Waals surface area contributed by atoms with Crippen LogP contribution in [-0.2, 0) is 0 Å². The van der Waals surface area contributed by atoms with Crippen LogP contribution in [0.2, 0.25) is 0 Å². The van der Waals surface area contributed by atoms with Crippen LogP contribution in [0, 0.1) is 11.3 Å². The van der Waals surface area contributed by atoms with E-state index in [9.17, 15) is 4.79 Å². The molecule has 1 heterocycles. The molecule has 1 saturated heterocycles. The largest absolute Gasteiger partial charge is 0.333 e. The molecular weight excluding hydrogens is 214 g/mol. The van der Waals surface area contributed by atoms with Crippen LogP contribution in [0.1, 0.15) is 22.8 Å². The first kappa shape index (κ1) is 11.6. The predicted octanol–water partition coefficient (Wildman–Crippen LogP) is 0.992. The van der Waals surface area contributed by atoms with Gasteiger partial charge < -0.3 is 10.2 Å². The Balaban J connectivity index is 2.21. The Labute approximate surface area is 101 Å². The number of piperazine rings is 1. The van der Waals surface area contributed by atoms with Gasteiger partial charge in [-0.2, -0.15) is 5.26 Å². The summed E-state index contributed by atoms with van der Waals surface area (Å²) in [6, 6.07) is 9.12. The Bertz CT molecular complexity index is 464. The van der Waals surface area contributed by atoms with E-state index in [2.05, 4.69) is 11.4 Å². The van der Waals surface area contributed by atoms with Crippen LogP contribution in [0.4, 0.5) is 0 Å². The Morgan fingerprint density at radius 2 is 2.41 bits per heavy atom. The number of nitriles is 1. The minimum atomic E-state index is 0.0103. The van der Waals surface area contributed by atoms with Crippen LogP contribution in [-0.4, -0.2) is 36.5 Å². The number of hydrogen-bond donors (Lipinski definition) is 1. The molecule has 1 aliphatic heterocycles. The molecule has 4 nitrogen and oxygen atoms in total. The van der Waals surface area contributed by atoms with Gasteiger partial charge in [0.15, 0.2) is 0 Å². The van der Waals surface area contributed by atoms with Crippen molar-refractivity contribution in [2.75, 3.05) is 19.6 Å². The van der Waals surface area contributed by atoms with Gasteiger partial charge in [-0.05, 0) is 25.1 Å². The van der Waals surface area contributed by atoms with Crippen molar-refractivity contribution in [1.82, 2.24) is 10.2 Å². The Morgan fingerprint density at radius 3 is 3.12 bits per heavy atom. The van der Waals surface area contributed by atoms with Crippen molar-refractivity contribution in [2.45, 2.75) is 13.0 Å². The van der Waals surface area contributed by atoms with Crippen LogP contribution in [0.5, 0.6) is 0 Å². The number of hydrogen-bond acceptors (Lipinski definition) is 3. The summed E-state index contributed by atoms with van der Waals surface area (Å²) in [4.78, 5) is 14.1. The molecule has 0 spiro atoms. The van der Waals surface area contributed by atoms with E-state index in [1.54, 1.807) is 24.3 Å². The predicted molar refractivity (Wildman–Crippen MR) is 64.5 cm³/mol. The SMILES string of the molecule is C[C@@H]1CNCCN1C(=O)c1cccc(C#N)c1. The van der Waals surface area contributed by atoms with E-state index >= 15 is 0 Å². The number of carbonyl (C=O) groups is 1. The van der Waals surface area contributed by atoms with E-state index < -0.39 is 0 Å². The lowest BCUT2D eigenvalue weighted by Gasteiger charge is -2.34. The molecule has 1 atom stereocenters. The number of amides is 1. The lowest BCUT2D eigenvalue weighted by Crippen LogP contribution is -2.52. The number of nitrogens with one attached hydrogen (secondary N) is 1. The van der Waals surface area contributed by atoms with Crippen LogP contribution < -0.4 is 5.32 Å². The normalized spacial score (nSPS) is 19.8. The molecule has 0 aromatic heterocycles. The molecule has 4 heteroatoms. The van der Waals surface area contributed by atoms with E-state index in [1.165, 1.54) is 0 Å². The summed E-state index contributed by atoms with van der Waals surface area (Å²) < 4.78 is 0. The van der Waals surface area contributed by atoms with Gasteiger partial charge >= 0.3 is 0 Å². The zero-order chi connectivity index (χ0) is 12.3. The highest BCUT2D eigenvalue weighted by molar-refractivity contribution is 5.94. The number of benzene rings is 1. The third kappa shape index (κ3) is 2.45. The molecule has 1 aromatic carbocycles. The maximum absolute atomic E-state index is 12.3. The van der Waals surface area contributed by atoms with Gasteiger partial charge in [-0.25, -0.2) is 0 Å². The van der Waals surface area contributed by atoms with Crippen molar-refractivity contribution in [2.24, 2.45) is 0 Å². The molecule has 1 fully saturated rings. The average Bonchev–Trinajstić information content (AvgIpc) is 2.38. The second-order valence-electron chi connectivity index (χ2n) is 4.24. The van der Waals surface area contributed by atoms with Crippen molar-refractivity contribution in [3.63, 3.8) is 0 Å². The highest BCUT2D eigenvalue weighted by Gasteiger charge is 2.23. The summed E-state index contributed by atoms with van der Waals surface area (Å²) in [6.07, 6.45) is 0. The first-order chi connectivity index (χ1) is 8.22. The molecule has 2 rings (SSSR count). The molecule has 1 N–H and O–H groups in total. The smallest absolute Gasteiger partial charge is 0.254 e. The molecule has 88 valence electrons. The fourth-order valence-electron chi connectivity index (χ4n) is 2.03. The van der Waals surface area contributed by atoms with Crippen molar-refractivity contribution >= 4 is 5.91 Å². The third-order valence-electron chi connectivity index (χ3n) is 3.00. The van der Waals surface area contributed by atoms with Gasteiger partial charge in [0.25, 0.3) is 5.91 Å². The Hall–Kier alpha value is -1.86. The van der Waals surface area contributed by atoms with E-state index in [4.69, 9.17) is 5.26 Å². The molecule has 1 aromatic rings. The summed E-state index contributed by atoms with van der Waals surface area (Å²) in [5.41, 5.74) is 1.12. The summed E-state index contributed by atoms with van der Waals surface area (Å²) in [5, 5.41) is 12.1. The molecule has 0 saturated carbocycles. The van der Waals surface area contributed by atoms with Crippen LogP contribution in [0.15, 0.2) is 24.3 Å². The molecule has 0 radical (unpaired) electrons. The summed E-state index contributed by atoms with van der Waals surface area (Å²) in [7, 11) is 0. The fourth-order valence-corrected chi connectivity index (χ4v) is 2.03. The second kappa shape index (κ2) is 4.98. The van der Waals surface area contributed by atoms with Crippen molar-refractivity contribution in [3.8, 4) is 6.07 Å². The number of nitrogens with zero attached hydrogens (tertiary/aromatic N) is 2. The van der Waals surface area contributed by atoms with E-state index in [0.717, 1.165) is 19.6 Å². The van der Waals surface area contributed by atoms with Gasteiger partial charge in [0.1, 0.15) is 0 Å². The molecule has 1 amide bonds. The van der Waals surface area contributed by atoms with Gasteiger partial charge in [0, 0.05) is 31.2 Å². The maximum Gasteiger partial charge on any atom is 0.254 e. The quantitative estimate of drug-likeness (QED) is 0.781. The molecule has 17 heavy (non-hydrogen) atoms. The van der Waals surface area contributed by atoms with Crippen LogP contribution in [0.3, 0.4) is 0 Å². The minimum absolute atomic E-state index is 0.0103.